The van der Waals surface area contributed by atoms with Gasteiger partial charge in [-0.15, -0.1) is 0 Å². The number of imide groups is 1. The summed E-state index contributed by atoms with van der Waals surface area (Å²) in [5, 5.41) is 7.50. The predicted octanol–water partition coefficient (Wildman–Crippen LogP) is 3.73. The number of benzene rings is 2. The molecule has 1 saturated heterocycles. The average molecular weight is 433 g/mol. The van der Waals surface area contributed by atoms with E-state index in [2.05, 4.69) is 16.0 Å². The Kier molecular flexibility index (Phi) is 5.56. The van der Waals surface area contributed by atoms with Crippen LogP contribution in [0, 0.1) is 5.41 Å². The maximum atomic E-state index is 12.9. The van der Waals surface area contributed by atoms with Crippen molar-refractivity contribution >= 4 is 17.8 Å². The van der Waals surface area contributed by atoms with E-state index in [1.807, 2.05) is 0 Å². The molecule has 1 aliphatic heterocycles. The molecule has 0 radical (unpaired) electrons. The van der Waals surface area contributed by atoms with Gasteiger partial charge in [0.1, 0.15) is 5.54 Å². The largest absolute Gasteiger partial charge is 0.416 e. The number of rotatable bonds is 4. The van der Waals surface area contributed by atoms with Gasteiger partial charge in [-0.2, -0.15) is 13.2 Å². The minimum absolute atomic E-state index is 0.158. The topological polar surface area (TPSA) is 87.3 Å². The van der Waals surface area contributed by atoms with Gasteiger partial charge in [0.15, 0.2) is 0 Å². The van der Waals surface area contributed by atoms with E-state index in [4.69, 9.17) is 0 Å². The molecule has 2 aromatic carbocycles. The smallest absolute Gasteiger partial charge is 0.349 e. The number of alkyl halides is 3. The van der Waals surface area contributed by atoms with Gasteiger partial charge in [-0.05, 0) is 34.7 Å². The first-order valence-corrected chi connectivity index (χ1v) is 9.54. The quantitative estimate of drug-likeness (QED) is 0.643. The van der Waals surface area contributed by atoms with E-state index in [0.29, 0.717) is 11.1 Å². The molecule has 0 spiro atoms. The van der Waals surface area contributed by atoms with Crippen LogP contribution >= 0.6 is 0 Å². The van der Waals surface area contributed by atoms with Crippen LogP contribution in [0.4, 0.5) is 18.0 Å². The van der Waals surface area contributed by atoms with Crippen molar-refractivity contribution in [1.82, 2.24) is 16.0 Å². The maximum Gasteiger partial charge on any atom is 0.416 e. The Morgan fingerprint density at radius 3 is 2.13 bits per heavy atom. The minimum atomic E-state index is -4.46. The average Bonchev–Trinajstić information content (AvgIpc) is 2.99. The molecule has 1 atom stereocenters. The second-order valence-corrected chi connectivity index (χ2v) is 8.37. The summed E-state index contributed by atoms with van der Waals surface area (Å²) in [5.41, 5.74) is -1.72. The number of carbonyl (C=O) groups excluding carboxylic acids is 3. The van der Waals surface area contributed by atoms with Crippen LogP contribution in [0.2, 0.25) is 0 Å². The SMILES string of the molecule is CC(C)(C)C1(CNC(=O)c2ccccc2-c2ccc(C(F)(F)F)cc2)NC(=O)NC1=O. The van der Waals surface area contributed by atoms with E-state index in [1.165, 1.54) is 12.1 Å². The summed E-state index contributed by atoms with van der Waals surface area (Å²) in [4.78, 5) is 37.1. The highest BCUT2D eigenvalue weighted by atomic mass is 19.4. The third-order valence-electron chi connectivity index (χ3n) is 5.43. The summed E-state index contributed by atoms with van der Waals surface area (Å²) in [6, 6.07) is 10.3. The zero-order valence-electron chi connectivity index (χ0n) is 17.2. The Hall–Kier alpha value is -3.36. The molecule has 31 heavy (non-hydrogen) atoms. The van der Waals surface area contributed by atoms with E-state index in [-0.39, 0.29) is 12.1 Å². The van der Waals surface area contributed by atoms with Crippen molar-refractivity contribution in [3.05, 3.63) is 59.7 Å². The lowest BCUT2D eigenvalue weighted by Crippen LogP contribution is -2.63. The molecule has 3 rings (SSSR count). The second-order valence-electron chi connectivity index (χ2n) is 8.37. The van der Waals surface area contributed by atoms with E-state index >= 15 is 0 Å². The predicted molar refractivity (Wildman–Crippen MR) is 108 cm³/mol. The first-order chi connectivity index (χ1) is 14.3. The van der Waals surface area contributed by atoms with Crippen molar-refractivity contribution < 1.29 is 27.6 Å². The van der Waals surface area contributed by atoms with Gasteiger partial charge >= 0.3 is 12.2 Å². The van der Waals surface area contributed by atoms with Crippen LogP contribution < -0.4 is 16.0 Å². The Balaban J connectivity index is 1.87. The van der Waals surface area contributed by atoms with Crippen LogP contribution in [0.25, 0.3) is 11.1 Å². The summed E-state index contributed by atoms with van der Waals surface area (Å²) >= 11 is 0. The van der Waals surface area contributed by atoms with Crippen LogP contribution in [-0.4, -0.2) is 29.9 Å². The zero-order chi connectivity index (χ0) is 23.0. The van der Waals surface area contributed by atoms with E-state index in [1.54, 1.807) is 45.0 Å². The number of amides is 4. The molecular weight excluding hydrogens is 411 g/mol. The zero-order valence-corrected chi connectivity index (χ0v) is 17.2. The van der Waals surface area contributed by atoms with Crippen LogP contribution in [0.15, 0.2) is 48.5 Å². The van der Waals surface area contributed by atoms with Gasteiger partial charge < -0.3 is 10.6 Å². The van der Waals surface area contributed by atoms with Crippen LogP contribution in [0.3, 0.4) is 0 Å². The van der Waals surface area contributed by atoms with Crippen LogP contribution in [0.5, 0.6) is 0 Å². The van der Waals surface area contributed by atoms with Crippen molar-refractivity contribution in [3.63, 3.8) is 0 Å². The lowest BCUT2D eigenvalue weighted by atomic mass is 9.73. The normalized spacial score (nSPS) is 19.0. The van der Waals surface area contributed by atoms with Crippen molar-refractivity contribution in [2.45, 2.75) is 32.5 Å². The molecule has 9 heteroatoms. The molecule has 4 amide bonds. The molecular formula is C22H22F3N3O3. The lowest BCUT2D eigenvalue weighted by molar-refractivity contribution is -0.137. The minimum Gasteiger partial charge on any atom is -0.349 e. The molecule has 1 heterocycles. The number of urea groups is 1. The number of nitrogens with one attached hydrogen (secondary N) is 3. The van der Waals surface area contributed by atoms with Crippen LogP contribution in [0.1, 0.15) is 36.7 Å². The fourth-order valence-corrected chi connectivity index (χ4v) is 3.49. The first kappa shape index (κ1) is 22.3. The molecule has 3 N–H and O–H groups in total. The van der Waals surface area contributed by atoms with Gasteiger partial charge in [0.2, 0.25) is 0 Å². The maximum absolute atomic E-state index is 12.9. The summed E-state index contributed by atoms with van der Waals surface area (Å²) in [6.45, 7) is 5.13. The van der Waals surface area contributed by atoms with Gasteiger partial charge in [0.05, 0.1) is 12.1 Å². The number of carbonyl (C=O) groups is 3. The molecule has 6 nitrogen and oxygen atoms in total. The summed E-state index contributed by atoms with van der Waals surface area (Å²) in [7, 11) is 0. The first-order valence-electron chi connectivity index (χ1n) is 9.54. The highest BCUT2D eigenvalue weighted by Gasteiger charge is 2.54. The Morgan fingerprint density at radius 2 is 1.61 bits per heavy atom. The molecule has 0 aliphatic carbocycles. The third kappa shape index (κ3) is 4.26. The van der Waals surface area contributed by atoms with Crippen molar-refractivity contribution in [3.8, 4) is 11.1 Å². The summed E-state index contributed by atoms with van der Waals surface area (Å²) in [6.07, 6.45) is -4.46. The third-order valence-corrected chi connectivity index (χ3v) is 5.43. The van der Waals surface area contributed by atoms with Crippen molar-refractivity contribution in [1.29, 1.82) is 0 Å². The second kappa shape index (κ2) is 7.72. The Bertz CT molecular complexity index is 1030. The van der Waals surface area contributed by atoms with Crippen LogP contribution in [-0.2, 0) is 11.0 Å². The molecule has 1 unspecified atom stereocenters. The molecule has 0 aromatic heterocycles. The van der Waals surface area contributed by atoms with Gasteiger partial charge in [-0.25, -0.2) is 4.79 Å². The lowest BCUT2D eigenvalue weighted by Gasteiger charge is -2.38. The monoisotopic (exact) mass is 433 g/mol. The standard InChI is InChI=1S/C22H22F3N3O3/c1-20(2,3)21(18(30)27-19(31)28-21)12-26-17(29)16-7-5-4-6-15(16)13-8-10-14(11-9-13)22(23,24)25/h4-11H,12H2,1-3H3,(H,26,29)(H2,27,28,30,31). The van der Waals surface area contributed by atoms with Crippen molar-refractivity contribution in [2.75, 3.05) is 6.54 Å². The number of hydrogen-bond donors (Lipinski definition) is 3. The molecule has 0 bridgehead atoms. The van der Waals surface area contributed by atoms with Gasteiger partial charge in [-0.1, -0.05) is 51.1 Å². The molecule has 1 aliphatic rings. The highest BCUT2D eigenvalue weighted by Crippen LogP contribution is 2.34. The fraction of sp³-hybridized carbons (Fsp3) is 0.318. The van der Waals surface area contributed by atoms with Gasteiger partial charge in [0.25, 0.3) is 11.8 Å². The van der Waals surface area contributed by atoms with Crippen molar-refractivity contribution in [2.24, 2.45) is 5.41 Å². The van der Waals surface area contributed by atoms with E-state index in [0.717, 1.165) is 12.1 Å². The van der Waals surface area contributed by atoms with Gasteiger partial charge in [0, 0.05) is 5.56 Å². The molecule has 2 aromatic rings. The summed E-state index contributed by atoms with van der Waals surface area (Å²) < 4.78 is 38.5. The van der Waals surface area contributed by atoms with Gasteiger partial charge in [-0.3, -0.25) is 14.9 Å². The number of halogens is 3. The van der Waals surface area contributed by atoms with E-state index in [9.17, 15) is 27.6 Å². The Morgan fingerprint density at radius 1 is 1.00 bits per heavy atom. The number of hydrogen-bond acceptors (Lipinski definition) is 3. The molecule has 0 saturated carbocycles. The summed E-state index contributed by atoms with van der Waals surface area (Å²) in [5.74, 6) is -1.06. The fourth-order valence-electron chi connectivity index (χ4n) is 3.49. The molecule has 164 valence electrons. The highest BCUT2D eigenvalue weighted by molar-refractivity contribution is 6.08. The molecule has 1 fully saturated rings. The van der Waals surface area contributed by atoms with E-state index < -0.39 is 40.5 Å². The Labute approximate surface area is 177 Å².